The maximum Gasteiger partial charge on any atom is 0.266 e. The van der Waals surface area contributed by atoms with E-state index in [-0.39, 0.29) is 18.2 Å². The first kappa shape index (κ1) is 17.1. The average Bonchev–Trinajstić information content (AvgIpc) is 3.31. The lowest BCUT2D eigenvalue weighted by Gasteiger charge is -2.22. The van der Waals surface area contributed by atoms with Crippen molar-refractivity contribution >= 4 is 21.4 Å². The molecule has 3 aromatic rings. The Hall–Kier alpha value is -3.32. The number of hydrogen-bond acceptors (Lipinski definition) is 7. The fourth-order valence-corrected chi connectivity index (χ4v) is 4.21. The first-order valence-corrected chi connectivity index (χ1v) is 9.61. The second-order valence-electron chi connectivity index (χ2n) is 5.77. The van der Waals surface area contributed by atoms with E-state index in [1.165, 1.54) is 12.3 Å². The summed E-state index contributed by atoms with van der Waals surface area (Å²) in [6.07, 6.45) is 2.08. The van der Waals surface area contributed by atoms with Crippen LogP contribution >= 0.6 is 0 Å². The molecule has 3 heterocycles. The predicted molar refractivity (Wildman–Crippen MR) is 95.1 cm³/mol. The van der Waals surface area contributed by atoms with Crippen LogP contribution in [0.15, 0.2) is 41.4 Å². The van der Waals surface area contributed by atoms with Gasteiger partial charge in [0.05, 0.1) is 11.8 Å². The van der Waals surface area contributed by atoms with Crippen LogP contribution in [0.25, 0.3) is 5.65 Å². The largest absolute Gasteiger partial charge is 0.454 e. The molecule has 0 unspecified atom stereocenters. The fraction of sp³-hybridized carbons (Fsp3) is 0.235. The predicted octanol–water partition coefficient (Wildman–Crippen LogP) is 1.74. The number of ether oxygens (including phenoxy) is 2. The number of sulfonamides is 1. The van der Waals surface area contributed by atoms with Gasteiger partial charge in [0.1, 0.15) is 17.3 Å². The van der Waals surface area contributed by atoms with Gasteiger partial charge in [-0.2, -0.15) is 5.26 Å². The van der Waals surface area contributed by atoms with Crippen LogP contribution in [0.3, 0.4) is 0 Å². The Morgan fingerprint density at radius 1 is 1.22 bits per heavy atom. The molecule has 0 atom stereocenters. The summed E-state index contributed by atoms with van der Waals surface area (Å²) in [7, 11) is -3.99. The summed E-state index contributed by atoms with van der Waals surface area (Å²) < 4.78 is 39.7. The molecule has 0 aliphatic carbocycles. The Kier molecular flexibility index (Phi) is 4.08. The smallest absolute Gasteiger partial charge is 0.266 e. The van der Waals surface area contributed by atoms with Crippen LogP contribution < -0.4 is 13.8 Å². The van der Waals surface area contributed by atoms with Crippen molar-refractivity contribution in [1.82, 2.24) is 14.6 Å². The van der Waals surface area contributed by atoms with Gasteiger partial charge in [0.25, 0.3) is 10.0 Å². The molecule has 0 saturated carbocycles. The van der Waals surface area contributed by atoms with Crippen molar-refractivity contribution in [1.29, 1.82) is 5.26 Å². The highest BCUT2D eigenvalue weighted by Crippen LogP contribution is 2.36. The number of fused-ring (bicyclic) bond motifs is 2. The van der Waals surface area contributed by atoms with Crippen molar-refractivity contribution in [3.63, 3.8) is 0 Å². The van der Waals surface area contributed by atoms with Crippen LogP contribution in [0, 0.1) is 11.3 Å². The van der Waals surface area contributed by atoms with Gasteiger partial charge in [-0.05, 0) is 24.3 Å². The Labute approximate surface area is 155 Å². The Balaban J connectivity index is 1.81. The number of pyridine rings is 1. The molecule has 0 fully saturated rings. The van der Waals surface area contributed by atoms with E-state index in [4.69, 9.17) is 9.47 Å². The van der Waals surface area contributed by atoms with E-state index < -0.39 is 10.0 Å². The van der Waals surface area contributed by atoms with E-state index in [1.807, 2.05) is 13.0 Å². The van der Waals surface area contributed by atoms with Gasteiger partial charge in [-0.1, -0.05) is 6.92 Å². The van der Waals surface area contributed by atoms with Crippen LogP contribution in [0.2, 0.25) is 0 Å². The molecule has 0 spiro atoms. The number of anilines is 1. The monoisotopic (exact) mass is 385 g/mol. The van der Waals surface area contributed by atoms with Crippen molar-refractivity contribution in [3.8, 4) is 17.6 Å². The summed E-state index contributed by atoms with van der Waals surface area (Å²) in [5.41, 5.74) is 0.876. The third-order valence-corrected chi connectivity index (χ3v) is 5.97. The van der Waals surface area contributed by atoms with Gasteiger partial charge in [-0.3, -0.25) is 8.71 Å². The summed E-state index contributed by atoms with van der Waals surface area (Å²) in [4.78, 5) is 0.0393. The number of rotatable bonds is 5. The summed E-state index contributed by atoms with van der Waals surface area (Å²) in [6, 6.07) is 9.70. The minimum Gasteiger partial charge on any atom is -0.454 e. The first-order valence-electron chi connectivity index (χ1n) is 8.17. The van der Waals surface area contributed by atoms with Crippen LogP contribution in [0.5, 0.6) is 11.5 Å². The topological polar surface area (TPSA) is 110 Å². The quantitative estimate of drug-likeness (QED) is 0.615. The van der Waals surface area contributed by atoms with E-state index in [2.05, 4.69) is 10.2 Å². The van der Waals surface area contributed by atoms with Gasteiger partial charge < -0.3 is 9.47 Å². The lowest BCUT2D eigenvalue weighted by atomic mass is 10.3. The average molecular weight is 385 g/mol. The summed E-state index contributed by atoms with van der Waals surface area (Å²) in [5.74, 6) is 1.62. The van der Waals surface area contributed by atoms with Crippen molar-refractivity contribution in [2.45, 2.75) is 18.2 Å². The lowest BCUT2D eigenvalue weighted by molar-refractivity contribution is 0.174. The van der Waals surface area contributed by atoms with Gasteiger partial charge in [0.15, 0.2) is 17.1 Å². The van der Waals surface area contributed by atoms with Crippen LogP contribution in [0.4, 0.5) is 5.69 Å². The van der Waals surface area contributed by atoms with Gasteiger partial charge in [0, 0.05) is 18.7 Å². The third kappa shape index (κ3) is 2.82. The Morgan fingerprint density at radius 2 is 2.04 bits per heavy atom. The molecule has 4 rings (SSSR count). The minimum absolute atomic E-state index is 0.0393. The molecule has 0 bridgehead atoms. The van der Waals surface area contributed by atoms with Crippen molar-refractivity contribution in [2.75, 3.05) is 17.6 Å². The molecule has 0 saturated heterocycles. The van der Waals surface area contributed by atoms with Crippen molar-refractivity contribution in [3.05, 3.63) is 42.4 Å². The van der Waals surface area contributed by atoms with Crippen LogP contribution in [-0.4, -0.2) is 36.4 Å². The number of aromatic nitrogens is 3. The molecule has 1 aliphatic rings. The number of nitriles is 1. The van der Waals surface area contributed by atoms with Gasteiger partial charge in [0.2, 0.25) is 6.79 Å². The molecule has 138 valence electrons. The van der Waals surface area contributed by atoms with E-state index >= 15 is 0 Å². The fourth-order valence-electron chi connectivity index (χ4n) is 2.86. The molecule has 10 heteroatoms. The van der Waals surface area contributed by atoms with Gasteiger partial charge in [-0.15, -0.1) is 10.2 Å². The molecular formula is C17H15N5O4S. The maximum atomic E-state index is 13.2. The van der Waals surface area contributed by atoms with E-state index in [1.54, 1.807) is 28.7 Å². The zero-order chi connectivity index (χ0) is 19.0. The molecule has 9 nitrogen and oxygen atoms in total. The molecule has 1 aliphatic heterocycles. The number of hydrogen-bond donors (Lipinski definition) is 0. The number of nitrogens with zero attached hydrogens (tertiary/aromatic N) is 5. The van der Waals surface area contributed by atoms with E-state index in [9.17, 15) is 13.7 Å². The van der Waals surface area contributed by atoms with E-state index in [0.29, 0.717) is 35.1 Å². The Bertz CT molecular complexity index is 1170. The number of benzene rings is 1. The van der Waals surface area contributed by atoms with Crippen LogP contribution in [-0.2, 0) is 16.4 Å². The molecular weight excluding hydrogens is 370 g/mol. The first-order chi connectivity index (χ1) is 13.0. The summed E-state index contributed by atoms with van der Waals surface area (Å²) >= 11 is 0. The minimum atomic E-state index is -3.99. The SMILES string of the molecule is CCc1nnc2ccc(S(=O)(=O)N(CC#N)c3ccc4c(c3)OCO4)cn12. The molecule has 2 aromatic heterocycles. The Morgan fingerprint density at radius 3 is 2.81 bits per heavy atom. The molecule has 0 N–H and O–H groups in total. The number of aryl methyl sites for hydroxylation is 1. The van der Waals surface area contributed by atoms with Crippen LogP contribution in [0.1, 0.15) is 12.7 Å². The molecule has 0 amide bonds. The molecule has 1 aromatic carbocycles. The summed E-state index contributed by atoms with van der Waals surface area (Å²) in [5, 5.41) is 17.2. The third-order valence-electron chi connectivity index (χ3n) is 4.21. The highest BCUT2D eigenvalue weighted by molar-refractivity contribution is 7.92. The summed E-state index contributed by atoms with van der Waals surface area (Å²) in [6.45, 7) is 1.64. The molecule has 27 heavy (non-hydrogen) atoms. The highest BCUT2D eigenvalue weighted by atomic mass is 32.2. The molecule has 0 radical (unpaired) electrons. The lowest BCUT2D eigenvalue weighted by Crippen LogP contribution is -2.31. The van der Waals surface area contributed by atoms with Crippen molar-refractivity contribution < 1.29 is 17.9 Å². The maximum absolute atomic E-state index is 13.2. The highest BCUT2D eigenvalue weighted by Gasteiger charge is 2.27. The zero-order valence-corrected chi connectivity index (χ0v) is 15.2. The van der Waals surface area contributed by atoms with Gasteiger partial charge in [-0.25, -0.2) is 8.42 Å². The van der Waals surface area contributed by atoms with E-state index in [0.717, 1.165) is 4.31 Å². The van der Waals surface area contributed by atoms with Crippen molar-refractivity contribution in [2.24, 2.45) is 0 Å². The second-order valence-corrected chi connectivity index (χ2v) is 7.63. The second kappa shape index (κ2) is 6.44. The standard InChI is InChI=1S/C17H15N5O4S/c1-2-16-19-20-17-6-4-13(10-21(16)17)27(23,24)22(8-7-18)12-3-5-14-15(9-12)26-11-25-14/h3-6,9-10H,2,8,11H2,1H3. The van der Waals surface area contributed by atoms with Gasteiger partial charge >= 0.3 is 0 Å². The zero-order valence-electron chi connectivity index (χ0n) is 14.4. The normalized spacial score (nSPS) is 12.9.